The minimum absolute atomic E-state index is 0. The zero-order valence-electron chi connectivity index (χ0n) is 9.98. The number of nitrogens with one attached hydrogen (secondary N) is 2. The molecule has 3 rings (SSSR count). The Kier molecular flexibility index (Phi) is 3.58. The summed E-state index contributed by atoms with van der Waals surface area (Å²) < 4.78 is 1.75. The molecule has 1 aliphatic carbocycles. The molecular formula is C11H19ClN4O. The summed E-state index contributed by atoms with van der Waals surface area (Å²) in [6.07, 6.45) is 3.92. The van der Waals surface area contributed by atoms with Crippen molar-refractivity contribution in [2.75, 3.05) is 6.54 Å². The molecule has 1 saturated carbocycles. The second-order valence-corrected chi connectivity index (χ2v) is 4.85. The number of H-pyrrole nitrogens is 1. The highest BCUT2D eigenvalue weighted by molar-refractivity contribution is 5.85. The lowest BCUT2D eigenvalue weighted by molar-refractivity contribution is 0.384. The molecule has 2 heterocycles. The molecule has 2 aliphatic rings. The van der Waals surface area contributed by atoms with Crippen molar-refractivity contribution in [1.82, 2.24) is 20.1 Å². The van der Waals surface area contributed by atoms with E-state index in [0.29, 0.717) is 12.5 Å². The first-order chi connectivity index (χ1) is 7.81. The van der Waals surface area contributed by atoms with Crippen LogP contribution in [0.1, 0.15) is 38.1 Å². The van der Waals surface area contributed by atoms with Gasteiger partial charge in [0, 0.05) is 6.54 Å². The van der Waals surface area contributed by atoms with E-state index in [-0.39, 0.29) is 24.1 Å². The van der Waals surface area contributed by atoms with E-state index in [2.05, 4.69) is 15.5 Å². The van der Waals surface area contributed by atoms with Gasteiger partial charge in [-0.05, 0) is 44.6 Å². The lowest BCUT2D eigenvalue weighted by atomic mass is 9.94. The van der Waals surface area contributed by atoms with Gasteiger partial charge in [-0.25, -0.2) is 9.89 Å². The molecule has 96 valence electrons. The summed E-state index contributed by atoms with van der Waals surface area (Å²) in [6, 6.07) is 0.284. The predicted molar refractivity (Wildman–Crippen MR) is 67.3 cm³/mol. The fourth-order valence-electron chi connectivity index (χ4n) is 2.91. The maximum absolute atomic E-state index is 11.5. The quantitative estimate of drug-likeness (QED) is 0.853. The molecule has 5 nitrogen and oxygen atoms in total. The summed E-state index contributed by atoms with van der Waals surface area (Å²) >= 11 is 0. The average Bonchev–Trinajstić information content (AvgIpc) is 2.89. The minimum atomic E-state index is -0.0826. The van der Waals surface area contributed by atoms with Crippen LogP contribution in [0.25, 0.3) is 0 Å². The fourth-order valence-corrected chi connectivity index (χ4v) is 2.91. The van der Waals surface area contributed by atoms with Gasteiger partial charge in [0.1, 0.15) is 0 Å². The summed E-state index contributed by atoms with van der Waals surface area (Å²) in [5, 5.41) is 10.2. The molecule has 1 aliphatic heterocycles. The fraction of sp³-hybridized carbons (Fsp3) is 0.818. The Hall–Kier alpha value is -0.810. The first-order valence-electron chi connectivity index (χ1n) is 6.19. The van der Waals surface area contributed by atoms with Crippen molar-refractivity contribution in [3.05, 3.63) is 16.3 Å². The number of aromatic nitrogens is 3. The van der Waals surface area contributed by atoms with Crippen LogP contribution in [-0.2, 0) is 6.54 Å². The van der Waals surface area contributed by atoms with E-state index in [0.717, 1.165) is 18.3 Å². The molecule has 0 radical (unpaired) electrons. The van der Waals surface area contributed by atoms with Crippen LogP contribution >= 0.6 is 12.4 Å². The van der Waals surface area contributed by atoms with Crippen LogP contribution < -0.4 is 11.0 Å². The van der Waals surface area contributed by atoms with Gasteiger partial charge in [0.2, 0.25) is 0 Å². The van der Waals surface area contributed by atoms with Gasteiger partial charge in [-0.1, -0.05) is 0 Å². The van der Waals surface area contributed by atoms with Gasteiger partial charge in [0.15, 0.2) is 5.82 Å². The van der Waals surface area contributed by atoms with Gasteiger partial charge in [0.05, 0.1) is 6.04 Å². The topological polar surface area (TPSA) is 62.7 Å². The van der Waals surface area contributed by atoms with Crippen LogP contribution in [0.15, 0.2) is 4.79 Å². The molecule has 0 aromatic carbocycles. The third kappa shape index (κ3) is 2.13. The van der Waals surface area contributed by atoms with Crippen molar-refractivity contribution in [3.8, 4) is 0 Å². The van der Waals surface area contributed by atoms with E-state index < -0.39 is 0 Å². The molecular weight excluding hydrogens is 240 g/mol. The number of nitrogens with zero attached hydrogens (tertiary/aromatic N) is 2. The number of rotatable bonds is 3. The maximum atomic E-state index is 11.5. The highest BCUT2D eigenvalue weighted by atomic mass is 35.5. The van der Waals surface area contributed by atoms with Gasteiger partial charge in [-0.15, -0.1) is 12.4 Å². The highest BCUT2D eigenvalue weighted by Gasteiger charge is 2.41. The maximum Gasteiger partial charge on any atom is 0.343 e. The molecule has 0 bridgehead atoms. The highest BCUT2D eigenvalue weighted by Crippen LogP contribution is 2.46. The number of hydrogen-bond acceptors (Lipinski definition) is 3. The van der Waals surface area contributed by atoms with Gasteiger partial charge in [-0.2, -0.15) is 5.10 Å². The monoisotopic (exact) mass is 258 g/mol. The first-order valence-corrected chi connectivity index (χ1v) is 6.19. The van der Waals surface area contributed by atoms with Gasteiger partial charge in [-0.3, -0.25) is 4.57 Å². The molecule has 6 heteroatoms. The second kappa shape index (κ2) is 4.82. The molecule has 17 heavy (non-hydrogen) atoms. The zero-order chi connectivity index (χ0) is 11.1. The smallest absolute Gasteiger partial charge is 0.307 e. The van der Waals surface area contributed by atoms with Gasteiger partial charge < -0.3 is 5.32 Å². The van der Waals surface area contributed by atoms with Crippen molar-refractivity contribution < 1.29 is 0 Å². The van der Waals surface area contributed by atoms with Crippen LogP contribution in [0.4, 0.5) is 0 Å². The van der Waals surface area contributed by atoms with Crippen molar-refractivity contribution in [3.63, 3.8) is 0 Å². The third-order valence-electron chi connectivity index (χ3n) is 3.88. The van der Waals surface area contributed by atoms with E-state index in [9.17, 15) is 4.79 Å². The summed E-state index contributed by atoms with van der Waals surface area (Å²) in [5.41, 5.74) is -0.0826. The van der Waals surface area contributed by atoms with Crippen molar-refractivity contribution in [2.24, 2.45) is 11.8 Å². The van der Waals surface area contributed by atoms with Gasteiger partial charge >= 0.3 is 5.69 Å². The van der Waals surface area contributed by atoms with E-state index in [1.807, 2.05) is 6.92 Å². The molecule has 1 aromatic rings. The lowest BCUT2D eigenvalue weighted by Crippen LogP contribution is -2.26. The number of halogens is 1. The molecule has 2 unspecified atom stereocenters. The van der Waals surface area contributed by atoms with Crippen molar-refractivity contribution >= 4 is 12.4 Å². The third-order valence-corrected chi connectivity index (χ3v) is 3.88. The summed E-state index contributed by atoms with van der Waals surface area (Å²) in [6.45, 7) is 3.73. The summed E-state index contributed by atoms with van der Waals surface area (Å²) in [4.78, 5) is 11.5. The second-order valence-electron chi connectivity index (χ2n) is 4.85. The number of aromatic amines is 1. The zero-order valence-corrected chi connectivity index (χ0v) is 10.8. The summed E-state index contributed by atoms with van der Waals surface area (Å²) in [5.74, 6) is 2.44. The Morgan fingerprint density at radius 3 is 2.82 bits per heavy atom. The van der Waals surface area contributed by atoms with Crippen molar-refractivity contribution in [1.29, 1.82) is 0 Å². The van der Waals surface area contributed by atoms with E-state index in [4.69, 9.17) is 0 Å². The summed E-state index contributed by atoms with van der Waals surface area (Å²) in [7, 11) is 0. The van der Waals surface area contributed by atoms with Crippen LogP contribution in [0, 0.1) is 11.8 Å². The normalized spacial score (nSPS) is 28.1. The Bertz CT molecular complexity index is 437. The molecule has 0 amide bonds. The SMILES string of the molecule is CCn1c(C2NCCC2C2CC2)n[nH]c1=O.Cl. The van der Waals surface area contributed by atoms with Crippen LogP contribution in [0.2, 0.25) is 0 Å². The Morgan fingerprint density at radius 1 is 1.41 bits per heavy atom. The Morgan fingerprint density at radius 2 is 2.18 bits per heavy atom. The molecule has 1 aromatic heterocycles. The Balaban J connectivity index is 0.00000108. The lowest BCUT2D eigenvalue weighted by Gasteiger charge is -2.18. The van der Waals surface area contributed by atoms with Crippen LogP contribution in [0.3, 0.4) is 0 Å². The standard InChI is InChI=1S/C11H18N4O.ClH/c1-2-15-10(13-14-11(15)16)9-8(5-6-12-9)7-3-4-7;/h7-9,12H,2-6H2,1H3,(H,14,16);1H. The largest absolute Gasteiger partial charge is 0.343 e. The number of hydrogen-bond donors (Lipinski definition) is 2. The first kappa shape index (κ1) is 12.6. The van der Waals surface area contributed by atoms with E-state index >= 15 is 0 Å². The minimum Gasteiger partial charge on any atom is -0.307 e. The molecule has 2 N–H and O–H groups in total. The van der Waals surface area contributed by atoms with Crippen molar-refractivity contribution in [2.45, 2.75) is 38.8 Å². The molecule has 2 fully saturated rings. The van der Waals surface area contributed by atoms with Gasteiger partial charge in [0.25, 0.3) is 0 Å². The average molecular weight is 259 g/mol. The van der Waals surface area contributed by atoms with E-state index in [1.165, 1.54) is 19.3 Å². The predicted octanol–water partition coefficient (Wildman–Crippen LogP) is 1.07. The van der Waals surface area contributed by atoms with Crippen LogP contribution in [-0.4, -0.2) is 21.3 Å². The molecule has 2 atom stereocenters. The van der Waals surface area contributed by atoms with E-state index in [1.54, 1.807) is 4.57 Å². The molecule has 0 spiro atoms. The Labute approximate surface area is 106 Å². The molecule has 1 saturated heterocycles. The van der Waals surface area contributed by atoms with Crippen LogP contribution in [0.5, 0.6) is 0 Å².